The fourth-order valence-corrected chi connectivity index (χ4v) is 3.33. The van der Waals surface area contributed by atoms with Gasteiger partial charge in [-0.2, -0.15) is 0 Å². The summed E-state index contributed by atoms with van der Waals surface area (Å²) in [6, 6.07) is 6.07. The van der Waals surface area contributed by atoms with Crippen molar-refractivity contribution in [3.63, 3.8) is 0 Å². The van der Waals surface area contributed by atoms with E-state index in [1.54, 1.807) is 7.11 Å². The van der Waals surface area contributed by atoms with Gasteiger partial charge in [0.2, 0.25) is 0 Å². The fraction of sp³-hybridized carbons (Fsp3) is 0.611. The van der Waals surface area contributed by atoms with E-state index < -0.39 is 0 Å². The third-order valence-electron chi connectivity index (χ3n) is 4.62. The van der Waals surface area contributed by atoms with Gasteiger partial charge in [0.25, 0.3) is 0 Å². The zero-order valence-electron chi connectivity index (χ0n) is 12.9. The molecule has 2 rings (SSSR count). The second-order valence-corrected chi connectivity index (χ2v) is 6.10. The van der Waals surface area contributed by atoms with Crippen LogP contribution in [0.5, 0.6) is 5.75 Å². The molecule has 1 aliphatic rings. The predicted octanol–water partition coefficient (Wildman–Crippen LogP) is 4.33. The normalized spacial score (nSPS) is 22.6. The molecule has 1 aromatic carbocycles. The molecule has 1 saturated carbocycles. The van der Waals surface area contributed by atoms with Gasteiger partial charge in [0.05, 0.1) is 7.11 Å². The predicted molar refractivity (Wildman–Crippen MR) is 82.2 cm³/mol. The van der Waals surface area contributed by atoms with Crippen molar-refractivity contribution in [1.29, 1.82) is 0 Å². The maximum Gasteiger partial charge on any atom is 0.140 e. The zero-order valence-corrected chi connectivity index (χ0v) is 12.9. The molecule has 0 radical (unpaired) electrons. The lowest BCUT2D eigenvalue weighted by Crippen LogP contribution is -2.24. The van der Waals surface area contributed by atoms with Gasteiger partial charge in [0.15, 0.2) is 0 Å². The quantitative estimate of drug-likeness (QED) is 0.798. The van der Waals surface area contributed by atoms with Gasteiger partial charge in [0.1, 0.15) is 11.5 Å². The molecule has 2 atom stereocenters. The molecule has 0 bridgehead atoms. The number of hydrogen-bond donors (Lipinski definition) is 0. The smallest absolute Gasteiger partial charge is 0.140 e. The number of ether oxygens (including phenoxy) is 1. The van der Waals surface area contributed by atoms with E-state index in [0.717, 1.165) is 30.1 Å². The Morgan fingerprint density at radius 3 is 2.85 bits per heavy atom. The summed E-state index contributed by atoms with van der Waals surface area (Å²) in [7, 11) is 1.67. The van der Waals surface area contributed by atoms with Crippen molar-refractivity contribution in [3.8, 4) is 5.75 Å². The molecular formula is C18H26O2. The number of rotatable bonds is 5. The number of ketones is 1. The van der Waals surface area contributed by atoms with Crippen LogP contribution in [0.1, 0.15) is 50.2 Å². The van der Waals surface area contributed by atoms with Crippen LogP contribution in [-0.4, -0.2) is 12.9 Å². The highest BCUT2D eigenvalue weighted by molar-refractivity contribution is 5.84. The monoisotopic (exact) mass is 274 g/mol. The SMILES string of the molecule is CCC1CCCC(C(=O)Cc2cc(C)ccc2OC)C1. The molecule has 2 nitrogen and oxygen atoms in total. The molecule has 0 N–H and O–H groups in total. The van der Waals surface area contributed by atoms with Crippen molar-refractivity contribution in [3.05, 3.63) is 29.3 Å². The average molecular weight is 274 g/mol. The van der Waals surface area contributed by atoms with E-state index in [9.17, 15) is 4.79 Å². The summed E-state index contributed by atoms with van der Waals surface area (Å²) in [5.74, 6) is 2.25. The average Bonchev–Trinajstić information content (AvgIpc) is 2.47. The minimum atomic E-state index is 0.263. The topological polar surface area (TPSA) is 26.3 Å². The highest BCUT2D eigenvalue weighted by Gasteiger charge is 2.26. The molecule has 110 valence electrons. The maximum atomic E-state index is 12.6. The second-order valence-electron chi connectivity index (χ2n) is 6.10. The van der Waals surface area contributed by atoms with Crippen molar-refractivity contribution in [2.75, 3.05) is 7.11 Å². The van der Waals surface area contributed by atoms with Crippen molar-refractivity contribution in [2.45, 2.75) is 52.4 Å². The van der Waals surface area contributed by atoms with Crippen LogP contribution in [0, 0.1) is 18.8 Å². The van der Waals surface area contributed by atoms with E-state index in [4.69, 9.17) is 4.74 Å². The second kappa shape index (κ2) is 6.92. The van der Waals surface area contributed by atoms with Crippen molar-refractivity contribution in [2.24, 2.45) is 11.8 Å². The first-order valence-corrected chi connectivity index (χ1v) is 7.80. The standard InChI is InChI=1S/C18H26O2/c1-4-14-6-5-7-15(11-14)17(19)12-16-10-13(2)8-9-18(16)20-3/h8-10,14-15H,4-7,11-12H2,1-3H3. The van der Waals surface area contributed by atoms with E-state index >= 15 is 0 Å². The van der Waals surface area contributed by atoms with Crippen LogP contribution in [-0.2, 0) is 11.2 Å². The minimum Gasteiger partial charge on any atom is -0.496 e. The first kappa shape index (κ1) is 15.1. The summed E-state index contributed by atoms with van der Waals surface area (Å²) in [4.78, 5) is 12.6. The Balaban J connectivity index is 2.05. The highest BCUT2D eigenvalue weighted by Crippen LogP contribution is 2.33. The minimum absolute atomic E-state index is 0.263. The van der Waals surface area contributed by atoms with Crippen LogP contribution in [0.3, 0.4) is 0 Å². The molecule has 0 aromatic heterocycles. The summed E-state index contributed by atoms with van der Waals surface area (Å²) in [5, 5.41) is 0. The van der Waals surface area contributed by atoms with Gasteiger partial charge >= 0.3 is 0 Å². The molecule has 20 heavy (non-hydrogen) atoms. The number of carbonyl (C=O) groups excluding carboxylic acids is 1. The lowest BCUT2D eigenvalue weighted by Gasteiger charge is -2.27. The molecule has 0 amide bonds. The summed E-state index contributed by atoms with van der Waals surface area (Å²) in [6.45, 7) is 4.29. The number of aryl methyl sites for hydroxylation is 1. The highest BCUT2D eigenvalue weighted by atomic mass is 16.5. The Morgan fingerprint density at radius 1 is 1.35 bits per heavy atom. The summed E-state index contributed by atoms with van der Waals surface area (Å²) >= 11 is 0. The lowest BCUT2D eigenvalue weighted by molar-refractivity contribution is -0.123. The third-order valence-corrected chi connectivity index (χ3v) is 4.62. The molecule has 1 aromatic rings. The Bertz CT molecular complexity index is 464. The van der Waals surface area contributed by atoms with E-state index in [0.29, 0.717) is 12.2 Å². The number of methoxy groups -OCH3 is 1. The Hall–Kier alpha value is -1.31. The number of hydrogen-bond acceptors (Lipinski definition) is 2. The van der Waals surface area contributed by atoms with Gasteiger partial charge in [-0.05, 0) is 31.7 Å². The Morgan fingerprint density at radius 2 is 2.15 bits per heavy atom. The molecule has 2 unspecified atom stereocenters. The first-order valence-electron chi connectivity index (χ1n) is 7.80. The molecule has 0 spiro atoms. The molecule has 0 aliphatic heterocycles. The number of carbonyl (C=O) groups is 1. The van der Waals surface area contributed by atoms with Crippen LogP contribution in [0.25, 0.3) is 0 Å². The molecule has 0 heterocycles. The van der Waals surface area contributed by atoms with Crippen molar-refractivity contribution >= 4 is 5.78 Å². The summed E-state index contributed by atoms with van der Waals surface area (Å²) in [5.41, 5.74) is 2.22. The van der Waals surface area contributed by atoms with E-state index in [-0.39, 0.29) is 5.92 Å². The van der Waals surface area contributed by atoms with Crippen LogP contribution in [0.15, 0.2) is 18.2 Å². The summed E-state index contributed by atoms with van der Waals surface area (Å²) in [6.07, 6.45) is 6.39. The first-order chi connectivity index (χ1) is 9.63. The van der Waals surface area contributed by atoms with Crippen LogP contribution in [0.2, 0.25) is 0 Å². The summed E-state index contributed by atoms with van der Waals surface area (Å²) < 4.78 is 5.38. The van der Waals surface area contributed by atoms with E-state index in [2.05, 4.69) is 19.9 Å². The van der Waals surface area contributed by atoms with Gasteiger partial charge < -0.3 is 4.74 Å². The van der Waals surface area contributed by atoms with Crippen LogP contribution < -0.4 is 4.74 Å². The van der Waals surface area contributed by atoms with Gasteiger partial charge in [-0.1, -0.05) is 43.9 Å². The van der Waals surface area contributed by atoms with Gasteiger partial charge in [-0.15, -0.1) is 0 Å². The third kappa shape index (κ3) is 3.62. The van der Waals surface area contributed by atoms with E-state index in [1.165, 1.54) is 24.8 Å². The van der Waals surface area contributed by atoms with Crippen LogP contribution >= 0.6 is 0 Å². The van der Waals surface area contributed by atoms with Gasteiger partial charge in [-0.25, -0.2) is 0 Å². The maximum absolute atomic E-state index is 12.6. The fourth-order valence-electron chi connectivity index (χ4n) is 3.33. The number of Topliss-reactive ketones (excluding diaryl/α,β-unsaturated/α-hetero) is 1. The zero-order chi connectivity index (χ0) is 14.5. The van der Waals surface area contributed by atoms with Crippen LogP contribution in [0.4, 0.5) is 0 Å². The Kier molecular flexibility index (Phi) is 5.22. The number of benzene rings is 1. The molecular weight excluding hydrogens is 248 g/mol. The van der Waals surface area contributed by atoms with E-state index in [1.807, 2.05) is 12.1 Å². The van der Waals surface area contributed by atoms with Crippen molar-refractivity contribution < 1.29 is 9.53 Å². The Labute approximate surface area is 122 Å². The largest absolute Gasteiger partial charge is 0.496 e. The van der Waals surface area contributed by atoms with Crippen molar-refractivity contribution in [1.82, 2.24) is 0 Å². The lowest BCUT2D eigenvalue weighted by atomic mass is 9.77. The molecule has 2 heteroatoms. The molecule has 1 fully saturated rings. The van der Waals surface area contributed by atoms with Gasteiger partial charge in [-0.3, -0.25) is 4.79 Å². The molecule has 1 aliphatic carbocycles. The van der Waals surface area contributed by atoms with Gasteiger partial charge in [0, 0.05) is 17.9 Å². The molecule has 0 saturated heterocycles.